The van der Waals surface area contributed by atoms with Gasteiger partial charge in [-0.3, -0.25) is 0 Å². The summed E-state index contributed by atoms with van der Waals surface area (Å²) in [6, 6.07) is 10.4. The molecule has 0 N–H and O–H groups in total. The molecule has 3 rings (SSSR count). The molecule has 1 aromatic heterocycles. The second kappa shape index (κ2) is 6.59. The van der Waals surface area contributed by atoms with E-state index in [2.05, 4.69) is 29.2 Å². The van der Waals surface area contributed by atoms with Crippen molar-refractivity contribution in [3.63, 3.8) is 0 Å². The molecule has 1 amide bonds. The van der Waals surface area contributed by atoms with Crippen LogP contribution in [0.1, 0.15) is 20.8 Å². The average Bonchev–Trinajstić information content (AvgIpc) is 3.08. The van der Waals surface area contributed by atoms with E-state index in [1.807, 2.05) is 26.8 Å². The first-order valence-corrected chi connectivity index (χ1v) is 8.28. The number of carbonyl (C=O) groups is 1. The van der Waals surface area contributed by atoms with Crippen molar-refractivity contribution >= 4 is 11.8 Å². The molecular formula is C19H24N2O3. The number of rotatable bonds is 2. The molecule has 0 unspecified atom stereocenters. The summed E-state index contributed by atoms with van der Waals surface area (Å²) < 4.78 is 10.6. The van der Waals surface area contributed by atoms with Gasteiger partial charge in [-0.15, -0.1) is 0 Å². The van der Waals surface area contributed by atoms with E-state index >= 15 is 0 Å². The summed E-state index contributed by atoms with van der Waals surface area (Å²) in [7, 11) is 0. The lowest BCUT2D eigenvalue weighted by atomic mass is 10.1. The molecule has 1 aliphatic heterocycles. The van der Waals surface area contributed by atoms with Gasteiger partial charge in [-0.1, -0.05) is 12.1 Å². The molecule has 0 atom stereocenters. The topological polar surface area (TPSA) is 45.9 Å². The maximum absolute atomic E-state index is 12.1. The SMILES string of the molecule is CC(C)(C)OC(=O)N1CCN(c2cccc(-c3ccoc3)c2)CC1. The molecule has 0 radical (unpaired) electrons. The zero-order valence-electron chi connectivity index (χ0n) is 14.5. The number of carbonyl (C=O) groups excluding carboxylic acids is 1. The molecule has 24 heavy (non-hydrogen) atoms. The standard InChI is InChI=1S/C19H24N2O3/c1-19(2,3)24-18(22)21-10-8-20(9-11-21)17-6-4-5-15(13-17)16-7-12-23-14-16/h4-7,12-14H,8-11H2,1-3H3. The minimum Gasteiger partial charge on any atom is -0.472 e. The summed E-state index contributed by atoms with van der Waals surface area (Å²) in [6.07, 6.45) is 3.20. The molecule has 0 bridgehead atoms. The van der Waals surface area contributed by atoms with Crippen LogP contribution >= 0.6 is 0 Å². The molecule has 2 aromatic rings. The predicted octanol–water partition coefficient (Wildman–Crippen LogP) is 4.00. The van der Waals surface area contributed by atoms with Gasteiger partial charge in [0.1, 0.15) is 5.60 Å². The highest BCUT2D eigenvalue weighted by Crippen LogP contribution is 2.26. The van der Waals surface area contributed by atoms with Crippen molar-refractivity contribution in [1.29, 1.82) is 0 Å². The summed E-state index contributed by atoms with van der Waals surface area (Å²) in [4.78, 5) is 16.2. The van der Waals surface area contributed by atoms with E-state index in [0.717, 1.165) is 29.9 Å². The van der Waals surface area contributed by atoms with Crippen molar-refractivity contribution in [2.24, 2.45) is 0 Å². The lowest BCUT2D eigenvalue weighted by molar-refractivity contribution is 0.0240. The lowest BCUT2D eigenvalue weighted by Gasteiger charge is -2.36. The molecule has 1 aliphatic rings. The molecule has 5 nitrogen and oxygen atoms in total. The smallest absolute Gasteiger partial charge is 0.410 e. The fourth-order valence-electron chi connectivity index (χ4n) is 2.78. The normalized spacial score (nSPS) is 15.5. The summed E-state index contributed by atoms with van der Waals surface area (Å²) in [6.45, 7) is 8.62. The van der Waals surface area contributed by atoms with Gasteiger partial charge in [-0.05, 0) is 44.5 Å². The molecule has 0 spiro atoms. The van der Waals surface area contributed by atoms with Crippen LogP contribution in [0, 0.1) is 0 Å². The van der Waals surface area contributed by atoms with Crippen LogP contribution in [0.2, 0.25) is 0 Å². The fourth-order valence-corrected chi connectivity index (χ4v) is 2.78. The van der Waals surface area contributed by atoms with Crippen LogP contribution in [0.4, 0.5) is 10.5 Å². The van der Waals surface area contributed by atoms with Crippen molar-refractivity contribution in [1.82, 2.24) is 4.90 Å². The van der Waals surface area contributed by atoms with Gasteiger partial charge in [0.15, 0.2) is 0 Å². The van der Waals surface area contributed by atoms with Gasteiger partial charge in [0.25, 0.3) is 0 Å². The third-order valence-electron chi connectivity index (χ3n) is 4.00. The zero-order valence-corrected chi connectivity index (χ0v) is 14.5. The number of furan rings is 1. The van der Waals surface area contributed by atoms with Crippen LogP contribution in [0.15, 0.2) is 47.3 Å². The number of amides is 1. The Kier molecular flexibility index (Phi) is 4.51. The van der Waals surface area contributed by atoms with Crippen LogP contribution in [0.3, 0.4) is 0 Å². The third-order valence-corrected chi connectivity index (χ3v) is 4.00. The highest BCUT2D eigenvalue weighted by molar-refractivity contribution is 5.70. The number of ether oxygens (including phenoxy) is 1. The van der Waals surface area contributed by atoms with Crippen LogP contribution in [-0.2, 0) is 4.74 Å². The van der Waals surface area contributed by atoms with Gasteiger partial charge in [0, 0.05) is 37.4 Å². The molecule has 0 saturated carbocycles. The molecule has 128 valence electrons. The molecule has 1 saturated heterocycles. The van der Waals surface area contributed by atoms with E-state index in [4.69, 9.17) is 9.15 Å². The molecule has 0 aliphatic carbocycles. The van der Waals surface area contributed by atoms with Crippen LogP contribution in [-0.4, -0.2) is 42.8 Å². The van der Waals surface area contributed by atoms with Crippen molar-refractivity contribution in [3.05, 3.63) is 42.9 Å². The number of nitrogens with zero attached hydrogens (tertiary/aromatic N) is 2. The highest BCUT2D eigenvalue weighted by atomic mass is 16.6. The fraction of sp³-hybridized carbons (Fsp3) is 0.421. The Balaban J connectivity index is 1.63. The van der Waals surface area contributed by atoms with Crippen LogP contribution in [0.5, 0.6) is 0 Å². The third kappa shape index (κ3) is 3.91. The van der Waals surface area contributed by atoms with E-state index in [-0.39, 0.29) is 6.09 Å². The van der Waals surface area contributed by atoms with E-state index in [9.17, 15) is 4.79 Å². The maximum Gasteiger partial charge on any atom is 0.410 e. The zero-order chi connectivity index (χ0) is 17.2. The number of piperazine rings is 1. The van der Waals surface area contributed by atoms with Crippen molar-refractivity contribution in [3.8, 4) is 11.1 Å². The van der Waals surface area contributed by atoms with E-state index in [1.54, 1.807) is 17.4 Å². The maximum atomic E-state index is 12.1. The van der Waals surface area contributed by atoms with Crippen molar-refractivity contribution < 1.29 is 13.9 Å². The van der Waals surface area contributed by atoms with Gasteiger partial charge in [0.2, 0.25) is 0 Å². The first-order valence-electron chi connectivity index (χ1n) is 8.28. The Labute approximate surface area is 142 Å². The van der Waals surface area contributed by atoms with E-state index in [0.29, 0.717) is 13.1 Å². The van der Waals surface area contributed by atoms with Crippen LogP contribution in [0.25, 0.3) is 11.1 Å². The summed E-state index contributed by atoms with van der Waals surface area (Å²) in [5.74, 6) is 0. The average molecular weight is 328 g/mol. The largest absolute Gasteiger partial charge is 0.472 e. The first-order chi connectivity index (χ1) is 11.4. The molecule has 5 heteroatoms. The Hall–Kier alpha value is -2.43. The summed E-state index contributed by atoms with van der Waals surface area (Å²) in [5, 5.41) is 0. The van der Waals surface area contributed by atoms with Gasteiger partial charge in [-0.2, -0.15) is 0 Å². The Bertz CT molecular complexity index is 681. The molecule has 2 heterocycles. The number of hydrogen-bond acceptors (Lipinski definition) is 4. The Morgan fingerprint density at radius 2 is 1.83 bits per heavy atom. The first kappa shape index (κ1) is 16.4. The lowest BCUT2D eigenvalue weighted by Crippen LogP contribution is -2.50. The number of hydrogen-bond donors (Lipinski definition) is 0. The minimum atomic E-state index is -0.451. The molecule has 1 aromatic carbocycles. The van der Waals surface area contributed by atoms with E-state index < -0.39 is 5.60 Å². The second-order valence-electron chi connectivity index (χ2n) is 7.02. The van der Waals surface area contributed by atoms with Crippen molar-refractivity contribution in [2.75, 3.05) is 31.1 Å². The van der Waals surface area contributed by atoms with E-state index in [1.165, 1.54) is 0 Å². The number of anilines is 1. The van der Waals surface area contributed by atoms with Gasteiger partial charge in [-0.25, -0.2) is 4.79 Å². The van der Waals surface area contributed by atoms with Gasteiger partial charge >= 0.3 is 6.09 Å². The summed E-state index contributed by atoms with van der Waals surface area (Å²) in [5.41, 5.74) is 2.92. The predicted molar refractivity (Wildman–Crippen MR) is 94.2 cm³/mol. The van der Waals surface area contributed by atoms with Gasteiger partial charge in [0.05, 0.1) is 12.5 Å². The molecule has 1 fully saturated rings. The highest BCUT2D eigenvalue weighted by Gasteiger charge is 2.26. The quantitative estimate of drug-likeness (QED) is 0.836. The summed E-state index contributed by atoms with van der Waals surface area (Å²) >= 11 is 0. The van der Waals surface area contributed by atoms with Crippen molar-refractivity contribution in [2.45, 2.75) is 26.4 Å². The van der Waals surface area contributed by atoms with Crippen LogP contribution < -0.4 is 4.90 Å². The monoisotopic (exact) mass is 328 g/mol. The number of benzene rings is 1. The Morgan fingerprint density at radius 3 is 2.46 bits per heavy atom. The van der Waals surface area contributed by atoms with Gasteiger partial charge < -0.3 is 19.0 Å². The Morgan fingerprint density at radius 1 is 1.08 bits per heavy atom. The minimum absolute atomic E-state index is 0.228. The molecular weight excluding hydrogens is 304 g/mol. The second-order valence-corrected chi connectivity index (χ2v) is 7.02.